The number of aromatic hydroxyl groups is 1. The molecule has 3 aliphatic rings. The smallest absolute Gasteiger partial charge is 0.264 e. The Bertz CT molecular complexity index is 2220. The van der Waals surface area contributed by atoms with E-state index in [0.29, 0.717) is 56.4 Å². The molecule has 1 atom stereocenters. The van der Waals surface area contributed by atoms with Crippen LogP contribution in [0.1, 0.15) is 63.1 Å². The number of halogens is 1. The Morgan fingerprint density at radius 1 is 0.767 bits per heavy atom. The Morgan fingerprint density at radius 3 is 2.13 bits per heavy atom. The quantitative estimate of drug-likeness (QED) is 0.0494. The van der Waals surface area contributed by atoms with Gasteiger partial charge in [0.25, 0.3) is 11.8 Å². The van der Waals surface area contributed by atoms with Gasteiger partial charge in [-0.15, -0.1) is 11.6 Å². The SMILES string of the molecule is O=C(CCN1CCN(CCNc2cccc3c2C(=O)N(C2CCC(=O)NC2=O)C3=O)CC1)NCCOc1ccc(C(=C(CCCl)c2ccccc2)c2ccc(O)cc2)cc1. The maximum atomic E-state index is 13.4. The first-order chi connectivity index (χ1) is 29.2. The highest BCUT2D eigenvalue weighted by Gasteiger charge is 2.45. The van der Waals surface area contributed by atoms with Crippen molar-refractivity contribution in [2.75, 3.05) is 70.2 Å². The van der Waals surface area contributed by atoms with E-state index in [9.17, 15) is 29.1 Å². The lowest BCUT2D eigenvalue weighted by Crippen LogP contribution is -2.54. The summed E-state index contributed by atoms with van der Waals surface area (Å²) in [5.41, 5.74) is 6.23. The van der Waals surface area contributed by atoms with Crippen LogP contribution in [0.25, 0.3) is 11.1 Å². The number of fused-ring (bicyclic) bond motifs is 1. The highest BCUT2D eigenvalue weighted by molar-refractivity contribution is 6.25. The Morgan fingerprint density at radius 2 is 1.45 bits per heavy atom. The fraction of sp³-hybridized carbons (Fsp3) is 0.326. The standard InChI is InChI=1S/C46H49ClN6O7/c47-21-19-36(31-5-2-1-3-6-31)42(32-9-13-34(54)14-10-32)33-11-15-35(16-12-33)60-30-23-49-40(55)20-24-51-26-28-52(29-27-51)25-22-48-38-8-4-7-37-43(38)46(59)53(45(37)58)39-17-18-41(56)50-44(39)57/h1-16,39,48,54H,17-30H2,(H,49,55)(H,50,56,57). The van der Waals surface area contributed by atoms with Gasteiger partial charge in [0.05, 0.1) is 17.7 Å². The third-order valence-corrected chi connectivity index (χ3v) is 11.3. The van der Waals surface area contributed by atoms with Crippen LogP contribution in [0.2, 0.25) is 0 Å². The number of phenolic OH excluding ortho intramolecular Hbond substituents is 1. The van der Waals surface area contributed by atoms with Gasteiger partial charge in [0.1, 0.15) is 24.1 Å². The zero-order valence-electron chi connectivity index (χ0n) is 33.3. The number of carbonyl (C=O) groups excluding carboxylic acids is 5. The number of ether oxygens (including phenoxy) is 1. The molecule has 60 heavy (non-hydrogen) atoms. The van der Waals surface area contributed by atoms with Crippen LogP contribution in [0, 0.1) is 0 Å². The van der Waals surface area contributed by atoms with Crippen molar-refractivity contribution in [3.05, 3.63) is 125 Å². The number of anilines is 1. The predicted octanol–water partition coefficient (Wildman–Crippen LogP) is 5.00. The number of nitrogens with one attached hydrogen (secondary N) is 3. The summed E-state index contributed by atoms with van der Waals surface area (Å²) in [5, 5.41) is 18.5. The maximum Gasteiger partial charge on any atom is 0.264 e. The third kappa shape index (κ3) is 10.0. The number of amides is 5. The van der Waals surface area contributed by atoms with Gasteiger partial charge in [-0.1, -0.05) is 60.7 Å². The van der Waals surface area contributed by atoms with Gasteiger partial charge in [-0.25, -0.2) is 0 Å². The second-order valence-electron chi connectivity index (χ2n) is 15.0. The second kappa shape index (κ2) is 19.8. The molecule has 0 spiro atoms. The number of nitrogens with zero attached hydrogens (tertiary/aromatic N) is 3. The number of piperidine rings is 1. The van der Waals surface area contributed by atoms with Crippen molar-refractivity contribution >= 4 is 58.0 Å². The number of imide groups is 2. The molecule has 4 aromatic rings. The summed E-state index contributed by atoms with van der Waals surface area (Å²) in [5.74, 6) is -0.780. The normalized spacial score (nSPS) is 17.6. The summed E-state index contributed by atoms with van der Waals surface area (Å²) >= 11 is 6.29. The summed E-state index contributed by atoms with van der Waals surface area (Å²) in [6, 6.07) is 29.3. The highest BCUT2D eigenvalue weighted by atomic mass is 35.5. The highest BCUT2D eigenvalue weighted by Crippen LogP contribution is 2.36. The molecule has 3 heterocycles. The Hall–Kier alpha value is -6.02. The van der Waals surface area contributed by atoms with Crippen LogP contribution >= 0.6 is 11.6 Å². The lowest BCUT2D eigenvalue weighted by molar-refractivity contribution is -0.136. The molecule has 0 aromatic heterocycles. The number of rotatable bonds is 17. The second-order valence-corrected chi connectivity index (χ2v) is 15.3. The Kier molecular flexibility index (Phi) is 13.9. The number of hydrogen-bond acceptors (Lipinski definition) is 10. The summed E-state index contributed by atoms with van der Waals surface area (Å²) in [6.07, 6.45) is 1.23. The van der Waals surface area contributed by atoms with Crippen molar-refractivity contribution < 1.29 is 33.8 Å². The van der Waals surface area contributed by atoms with Crippen LogP contribution in [-0.4, -0.2) is 120 Å². The maximum absolute atomic E-state index is 13.4. The molecule has 2 saturated heterocycles. The van der Waals surface area contributed by atoms with E-state index in [4.69, 9.17) is 16.3 Å². The van der Waals surface area contributed by atoms with Gasteiger partial charge in [0, 0.05) is 70.2 Å². The molecule has 7 rings (SSSR count). The summed E-state index contributed by atoms with van der Waals surface area (Å²) in [7, 11) is 0. The first kappa shape index (κ1) is 42.1. The number of alkyl halides is 1. The lowest BCUT2D eigenvalue weighted by atomic mass is 9.88. The van der Waals surface area contributed by atoms with Crippen LogP contribution in [0.15, 0.2) is 97.1 Å². The lowest BCUT2D eigenvalue weighted by Gasteiger charge is -2.34. The molecule has 5 amide bonds. The summed E-state index contributed by atoms with van der Waals surface area (Å²) in [6.45, 7) is 5.94. The van der Waals surface area contributed by atoms with Crippen molar-refractivity contribution in [2.24, 2.45) is 0 Å². The molecule has 3 aliphatic heterocycles. The molecule has 0 bridgehead atoms. The zero-order valence-corrected chi connectivity index (χ0v) is 34.1. The molecule has 14 heteroatoms. The van der Waals surface area contributed by atoms with Crippen molar-refractivity contribution in [1.82, 2.24) is 25.3 Å². The molecule has 0 aliphatic carbocycles. The average Bonchev–Trinajstić information content (AvgIpc) is 3.52. The van der Waals surface area contributed by atoms with Crippen molar-refractivity contribution in [3.8, 4) is 11.5 Å². The summed E-state index contributed by atoms with van der Waals surface area (Å²) in [4.78, 5) is 68.8. The predicted molar refractivity (Wildman–Crippen MR) is 230 cm³/mol. The zero-order chi connectivity index (χ0) is 42.0. The molecule has 2 fully saturated rings. The fourth-order valence-electron chi connectivity index (χ4n) is 7.96. The number of carbonyl (C=O) groups is 5. The molecule has 4 N–H and O–H groups in total. The van der Waals surface area contributed by atoms with Gasteiger partial charge in [-0.2, -0.15) is 0 Å². The van der Waals surface area contributed by atoms with E-state index in [1.807, 2.05) is 54.6 Å². The fourth-order valence-corrected chi connectivity index (χ4v) is 8.15. The van der Waals surface area contributed by atoms with Crippen LogP contribution < -0.4 is 20.7 Å². The molecular formula is C46H49ClN6O7. The average molecular weight is 833 g/mol. The van der Waals surface area contributed by atoms with Crippen molar-refractivity contribution in [2.45, 2.75) is 31.7 Å². The molecule has 0 radical (unpaired) electrons. The summed E-state index contributed by atoms with van der Waals surface area (Å²) < 4.78 is 5.98. The number of piperazine rings is 1. The minimum atomic E-state index is -1.01. The molecule has 0 saturated carbocycles. The van der Waals surface area contributed by atoms with Crippen LogP contribution in [-0.2, 0) is 14.4 Å². The van der Waals surface area contributed by atoms with Gasteiger partial charge < -0.3 is 25.4 Å². The van der Waals surface area contributed by atoms with E-state index in [-0.39, 0.29) is 35.6 Å². The molecule has 1 unspecified atom stereocenters. The van der Waals surface area contributed by atoms with Crippen LogP contribution in [0.3, 0.4) is 0 Å². The Balaban J connectivity index is 0.820. The Labute approximate surface area is 354 Å². The molecule has 4 aromatic carbocycles. The first-order valence-corrected chi connectivity index (χ1v) is 20.9. The van der Waals surface area contributed by atoms with Gasteiger partial charge in [0.15, 0.2) is 0 Å². The van der Waals surface area contributed by atoms with E-state index in [1.165, 1.54) is 0 Å². The van der Waals surface area contributed by atoms with E-state index < -0.39 is 29.7 Å². The topological polar surface area (TPSA) is 161 Å². The van der Waals surface area contributed by atoms with Crippen LogP contribution in [0.5, 0.6) is 11.5 Å². The monoisotopic (exact) mass is 832 g/mol. The van der Waals surface area contributed by atoms with E-state index in [0.717, 1.165) is 65.5 Å². The molecule has 13 nitrogen and oxygen atoms in total. The van der Waals surface area contributed by atoms with Gasteiger partial charge in [0.2, 0.25) is 17.7 Å². The third-order valence-electron chi connectivity index (χ3n) is 11.1. The van der Waals surface area contributed by atoms with Gasteiger partial charge in [-0.05, 0) is 77.1 Å². The van der Waals surface area contributed by atoms with Crippen molar-refractivity contribution in [1.29, 1.82) is 0 Å². The van der Waals surface area contributed by atoms with Crippen LogP contribution in [0.4, 0.5) is 5.69 Å². The van der Waals surface area contributed by atoms with Crippen molar-refractivity contribution in [3.63, 3.8) is 0 Å². The molecular weight excluding hydrogens is 784 g/mol. The first-order valence-electron chi connectivity index (χ1n) is 20.4. The van der Waals surface area contributed by atoms with Gasteiger partial charge in [-0.3, -0.25) is 39.1 Å². The molecule has 312 valence electrons. The number of phenols is 1. The number of hydrogen-bond donors (Lipinski definition) is 4. The largest absolute Gasteiger partial charge is 0.508 e. The van der Waals surface area contributed by atoms with Gasteiger partial charge >= 0.3 is 0 Å². The van der Waals surface area contributed by atoms with E-state index in [2.05, 4.69) is 37.9 Å². The van der Waals surface area contributed by atoms with E-state index >= 15 is 0 Å². The number of allylic oxidation sites excluding steroid dienone is 1. The minimum absolute atomic E-state index is 0.0309. The minimum Gasteiger partial charge on any atom is -0.508 e. The van der Waals surface area contributed by atoms with E-state index in [1.54, 1.807) is 30.3 Å². The number of benzene rings is 4.